The average molecular weight is 376 g/mol. The highest BCUT2D eigenvalue weighted by atomic mass is 32.2. The number of furan rings is 1. The lowest BCUT2D eigenvalue weighted by Gasteiger charge is -2.09. The van der Waals surface area contributed by atoms with E-state index in [0.29, 0.717) is 16.2 Å². The van der Waals surface area contributed by atoms with Gasteiger partial charge in [0.1, 0.15) is 5.58 Å². The third kappa shape index (κ3) is 3.47. The van der Waals surface area contributed by atoms with Gasteiger partial charge in [0.2, 0.25) is 0 Å². The van der Waals surface area contributed by atoms with E-state index in [1.54, 1.807) is 36.4 Å². The third-order valence-electron chi connectivity index (χ3n) is 4.12. The Labute approximate surface area is 158 Å². The van der Waals surface area contributed by atoms with Gasteiger partial charge in [-0.1, -0.05) is 48.5 Å². The van der Waals surface area contributed by atoms with Gasteiger partial charge < -0.3 is 10.2 Å². The number of nitrogens with two attached hydrogens (primary N) is 1. The number of fused-ring (bicyclic) bond motifs is 1. The molecule has 1 amide bonds. The summed E-state index contributed by atoms with van der Waals surface area (Å²) in [6.07, 6.45) is 0. The first-order valence-electron chi connectivity index (χ1n) is 8.28. The highest BCUT2D eigenvalue weighted by molar-refractivity contribution is 7.83. The molecule has 1 unspecified atom stereocenters. The molecule has 0 spiro atoms. The van der Waals surface area contributed by atoms with Gasteiger partial charge in [0.25, 0.3) is 5.91 Å². The molecule has 6 heteroatoms. The number of carbonyl (C=O) groups is 1. The normalized spacial score (nSPS) is 12.0. The highest BCUT2D eigenvalue weighted by Crippen LogP contribution is 2.26. The first kappa shape index (κ1) is 17.1. The van der Waals surface area contributed by atoms with Crippen molar-refractivity contribution in [3.05, 3.63) is 84.6 Å². The zero-order valence-electron chi connectivity index (χ0n) is 14.2. The summed E-state index contributed by atoms with van der Waals surface area (Å²) in [6, 6.07) is 23.6. The van der Waals surface area contributed by atoms with E-state index in [1.165, 1.54) is 0 Å². The number of nitrogens with one attached hydrogen (secondary N) is 1. The van der Waals surface area contributed by atoms with Crippen molar-refractivity contribution >= 4 is 33.5 Å². The van der Waals surface area contributed by atoms with Crippen LogP contribution in [0, 0.1) is 0 Å². The minimum Gasteiger partial charge on any atom is -0.451 e. The van der Waals surface area contributed by atoms with Gasteiger partial charge in [-0.05, 0) is 35.4 Å². The molecule has 1 atom stereocenters. The van der Waals surface area contributed by atoms with E-state index in [2.05, 4.69) is 4.72 Å². The average Bonchev–Trinajstić information content (AvgIpc) is 3.12. The van der Waals surface area contributed by atoms with Crippen LogP contribution in [0.15, 0.2) is 88.2 Å². The highest BCUT2D eigenvalue weighted by Gasteiger charge is 2.18. The monoisotopic (exact) mass is 376 g/mol. The fraction of sp³-hybridized carbons (Fsp3) is 0. The first-order chi connectivity index (χ1) is 13.1. The van der Waals surface area contributed by atoms with Gasteiger partial charge >= 0.3 is 0 Å². The molecule has 1 aromatic heterocycles. The van der Waals surface area contributed by atoms with Crippen LogP contribution in [0.25, 0.3) is 22.1 Å². The van der Waals surface area contributed by atoms with Crippen LogP contribution in [0.4, 0.5) is 5.69 Å². The van der Waals surface area contributed by atoms with E-state index < -0.39 is 16.9 Å². The maximum absolute atomic E-state index is 12.8. The van der Waals surface area contributed by atoms with Crippen LogP contribution < -0.4 is 10.5 Å². The second-order valence-electron chi connectivity index (χ2n) is 5.97. The second-order valence-corrected chi connectivity index (χ2v) is 7.15. The summed E-state index contributed by atoms with van der Waals surface area (Å²) in [5, 5.41) is 0.754. The SMILES string of the molecule is Nc1ccc2cc(C(=O)NS(=O)c3ccccc3-c3ccccc3)oc2c1. The summed E-state index contributed by atoms with van der Waals surface area (Å²) in [6.45, 7) is 0. The predicted octanol–water partition coefficient (Wildman–Crippen LogP) is 4.13. The van der Waals surface area contributed by atoms with Crippen molar-refractivity contribution in [3.63, 3.8) is 0 Å². The fourth-order valence-electron chi connectivity index (χ4n) is 2.83. The molecule has 1 heterocycles. The molecule has 0 radical (unpaired) electrons. The summed E-state index contributed by atoms with van der Waals surface area (Å²) < 4.78 is 20.9. The molecular weight excluding hydrogens is 360 g/mol. The summed E-state index contributed by atoms with van der Waals surface area (Å²) in [5.74, 6) is -0.466. The van der Waals surface area contributed by atoms with Gasteiger partial charge in [0.05, 0.1) is 4.90 Å². The molecule has 0 saturated heterocycles. The van der Waals surface area contributed by atoms with Crippen molar-refractivity contribution in [3.8, 4) is 11.1 Å². The van der Waals surface area contributed by atoms with E-state index in [9.17, 15) is 9.00 Å². The Kier molecular flexibility index (Phi) is 4.48. The number of hydrogen-bond acceptors (Lipinski definition) is 4. The van der Waals surface area contributed by atoms with Crippen molar-refractivity contribution in [1.82, 2.24) is 4.72 Å². The van der Waals surface area contributed by atoms with Crippen molar-refractivity contribution in [2.24, 2.45) is 0 Å². The minimum atomic E-state index is -1.74. The lowest BCUT2D eigenvalue weighted by Crippen LogP contribution is -2.25. The van der Waals surface area contributed by atoms with Gasteiger partial charge in [-0.2, -0.15) is 0 Å². The molecule has 0 aliphatic rings. The molecule has 0 aliphatic carbocycles. The van der Waals surface area contributed by atoms with E-state index in [4.69, 9.17) is 10.2 Å². The fourth-order valence-corrected chi connectivity index (χ4v) is 3.80. The maximum atomic E-state index is 12.8. The van der Waals surface area contributed by atoms with E-state index >= 15 is 0 Å². The molecule has 134 valence electrons. The predicted molar refractivity (Wildman–Crippen MR) is 106 cm³/mol. The number of amides is 1. The standard InChI is InChI=1S/C21H16N2O3S/c22-16-11-10-15-12-19(26-18(15)13-16)21(24)23-27(25)20-9-5-4-8-17(20)14-6-2-1-3-7-14/h1-13H,22H2,(H,23,24). The van der Waals surface area contributed by atoms with E-state index in [-0.39, 0.29) is 5.76 Å². The zero-order chi connectivity index (χ0) is 18.8. The minimum absolute atomic E-state index is 0.0844. The third-order valence-corrected chi connectivity index (χ3v) is 5.25. The molecule has 0 fully saturated rings. The molecule has 3 aromatic carbocycles. The molecule has 27 heavy (non-hydrogen) atoms. The number of rotatable bonds is 4. The van der Waals surface area contributed by atoms with Crippen LogP contribution >= 0.6 is 0 Å². The second kappa shape index (κ2) is 7.09. The molecule has 3 N–H and O–H groups in total. The molecule has 4 aromatic rings. The summed E-state index contributed by atoms with van der Waals surface area (Å²) in [7, 11) is -1.74. The molecule has 4 rings (SSSR count). The van der Waals surface area contributed by atoms with Crippen LogP contribution in [-0.2, 0) is 11.0 Å². The van der Waals surface area contributed by atoms with E-state index in [0.717, 1.165) is 16.5 Å². The Morgan fingerprint density at radius 1 is 0.926 bits per heavy atom. The van der Waals surface area contributed by atoms with Gasteiger partial charge in [0, 0.05) is 17.1 Å². The molecule has 5 nitrogen and oxygen atoms in total. The number of carbonyl (C=O) groups excluding carboxylic acids is 1. The topological polar surface area (TPSA) is 85.3 Å². The summed E-state index contributed by atoms with van der Waals surface area (Å²) >= 11 is 0. The Bertz CT molecular complexity index is 1150. The zero-order valence-corrected chi connectivity index (χ0v) is 15.0. The number of anilines is 1. The Morgan fingerprint density at radius 2 is 1.67 bits per heavy atom. The van der Waals surface area contributed by atoms with Gasteiger partial charge in [-0.25, -0.2) is 4.21 Å². The number of hydrogen-bond donors (Lipinski definition) is 2. The quantitative estimate of drug-likeness (QED) is 0.524. The van der Waals surface area contributed by atoms with Crippen LogP contribution in [0.3, 0.4) is 0 Å². The number of benzene rings is 3. The lowest BCUT2D eigenvalue weighted by atomic mass is 10.1. The Balaban J connectivity index is 1.61. The molecule has 0 aliphatic heterocycles. The summed E-state index contributed by atoms with van der Waals surface area (Å²) in [5.41, 5.74) is 8.51. The Hall–Kier alpha value is -3.38. The van der Waals surface area contributed by atoms with Crippen LogP contribution in [0.1, 0.15) is 10.6 Å². The maximum Gasteiger partial charge on any atom is 0.298 e. The van der Waals surface area contributed by atoms with Gasteiger partial charge in [-0.3, -0.25) is 9.52 Å². The molecule has 0 saturated carbocycles. The van der Waals surface area contributed by atoms with Crippen LogP contribution in [-0.4, -0.2) is 10.1 Å². The van der Waals surface area contributed by atoms with Gasteiger partial charge in [-0.15, -0.1) is 0 Å². The van der Waals surface area contributed by atoms with Gasteiger partial charge in [0.15, 0.2) is 16.7 Å². The van der Waals surface area contributed by atoms with Crippen molar-refractivity contribution in [2.45, 2.75) is 4.90 Å². The van der Waals surface area contributed by atoms with Crippen molar-refractivity contribution in [2.75, 3.05) is 5.73 Å². The Morgan fingerprint density at radius 3 is 2.48 bits per heavy atom. The largest absolute Gasteiger partial charge is 0.451 e. The smallest absolute Gasteiger partial charge is 0.298 e. The number of nitrogen functional groups attached to an aromatic ring is 1. The van der Waals surface area contributed by atoms with Crippen LogP contribution in [0.5, 0.6) is 0 Å². The first-order valence-corrected chi connectivity index (χ1v) is 9.43. The lowest BCUT2D eigenvalue weighted by molar-refractivity contribution is 0.0958. The molecular formula is C21H16N2O3S. The van der Waals surface area contributed by atoms with Crippen molar-refractivity contribution in [1.29, 1.82) is 0 Å². The molecule has 0 bridgehead atoms. The van der Waals surface area contributed by atoms with Crippen molar-refractivity contribution < 1.29 is 13.4 Å². The van der Waals surface area contributed by atoms with E-state index in [1.807, 2.05) is 42.5 Å². The van der Waals surface area contributed by atoms with Crippen LogP contribution in [0.2, 0.25) is 0 Å². The summed E-state index contributed by atoms with van der Waals surface area (Å²) in [4.78, 5) is 13.0.